The van der Waals surface area contributed by atoms with Crippen LogP contribution in [-0.2, 0) is 4.79 Å². The maximum Gasteiger partial charge on any atom is 0.326 e. The van der Waals surface area contributed by atoms with E-state index >= 15 is 0 Å². The molecule has 1 aliphatic heterocycles. The Morgan fingerprint density at radius 1 is 1.43 bits per heavy atom. The number of hydrogen-bond donors (Lipinski definition) is 1. The predicted molar refractivity (Wildman–Crippen MR) is 71.8 cm³/mol. The monoisotopic (exact) mass is 289 g/mol. The lowest BCUT2D eigenvalue weighted by molar-refractivity contribution is -0.142. The summed E-state index contributed by atoms with van der Waals surface area (Å²) in [5, 5.41) is 13.4. The molecule has 21 heavy (non-hydrogen) atoms. The molecule has 0 radical (unpaired) electrons. The molecule has 1 N–H and O–H groups in total. The quantitative estimate of drug-likeness (QED) is 0.857. The Bertz CT molecular complexity index is 726. The smallest absolute Gasteiger partial charge is 0.326 e. The Balaban J connectivity index is 1.97. The molecule has 2 aromatic rings. The van der Waals surface area contributed by atoms with Gasteiger partial charge in [0.15, 0.2) is 0 Å². The maximum atomic E-state index is 12.5. The molecule has 3 rings (SSSR count). The second kappa shape index (κ2) is 4.80. The fourth-order valence-electron chi connectivity index (χ4n) is 2.68. The first-order valence-corrected chi connectivity index (χ1v) is 6.71. The number of fused-ring (bicyclic) bond motifs is 1. The third-order valence-corrected chi connectivity index (χ3v) is 3.84. The first kappa shape index (κ1) is 13.5. The zero-order chi connectivity index (χ0) is 15.1. The van der Waals surface area contributed by atoms with Gasteiger partial charge in [0.05, 0.1) is 0 Å². The standard InChI is InChI=1S/C13H15N5O3/c1-7-4-6-17(9(7)12(20)21)11(19)10-15-13-14-5-3-8(2)18(13)16-10/h3,5,7,9H,4,6H2,1-2H3,(H,20,21). The molecule has 1 amide bonds. The van der Waals surface area contributed by atoms with Gasteiger partial charge in [-0.1, -0.05) is 6.92 Å². The van der Waals surface area contributed by atoms with Crippen LogP contribution in [-0.4, -0.2) is 54.1 Å². The molecular weight excluding hydrogens is 274 g/mol. The molecule has 0 spiro atoms. The van der Waals surface area contributed by atoms with E-state index in [1.54, 1.807) is 12.3 Å². The Hall–Kier alpha value is -2.51. The van der Waals surface area contributed by atoms with Crippen LogP contribution < -0.4 is 0 Å². The largest absolute Gasteiger partial charge is 0.480 e. The summed E-state index contributed by atoms with van der Waals surface area (Å²) in [6.45, 7) is 4.06. The van der Waals surface area contributed by atoms with Gasteiger partial charge < -0.3 is 10.0 Å². The van der Waals surface area contributed by atoms with E-state index < -0.39 is 17.9 Å². The van der Waals surface area contributed by atoms with Crippen LogP contribution in [0.25, 0.3) is 5.78 Å². The molecule has 3 heterocycles. The van der Waals surface area contributed by atoms with Crippen molar-refractivity contribution in [1.29, 1.82) is 0 Å². The number of likely N-dealkylation sites (tertiary alicyclic amines) is 1. The molecule has 2 unspecified atom stereocenters. The van der Waals surface area contributed by atoms with E-state index in [0.29, 0.717) is 18.7 Å². The molecule has 110 valence electrons. The lowest BCUT2D eigenvalue weighted by Crippen LogP contribution is -2.43. The SMILES string of the molecule is Cc1ccnc2nc(C(=O)N3CCC(C)C3C(=O)O)nn12. The van der Waals surface area contributed by atoms with E-state index in [1.165, 1.54) is 9.42 Å². The summed E-state index contributed by atoms with van der Waals surface area (Å²) in [6.07, 6.45) is 2.25. The molecule has 0 aliphatic carbocycles. The zero-order valence-corrected chi connectivity index (χ0v) is 11.7. The number of carbonyl (C=O) groups excluding carboxylic acids is 1. The van der Waals surface area contributed by atoms with Gasteiger partial charge in [0, 0.05) is 18.4 Å². The Kier molecular flexibility index (Phi) is 3.08. The van der Waals surface area contributed by atoms with Crippen LogP contribution in [0.4, 0.5) is 0 Å². The first-order valence-electron chi connectivity index (χ1n) is 6.71. The normalized spacial score (nSPS) is 21.9. The maximum absolute atomic E-state index is 12.5. The first-order chi connectivity index (χ1) is 9.99. The molecule has 0 bridgehead atoms. The number of aliphatic carboxylic acids is 1. The van der Waals surface area contributed by atoms with Crippen molar-refractivity contribution >= 4 is 17.7 Å². The molecule has 2 aromatic heterocycles. The lowest BCUT2D eigenvalue weighted by atomic mass is 10.0. The summed E-state index contributed by atoms with van der Waals surface area (Å²) >= 11 is 0. The number of aromatic nitrogens is 4. The van der Waals surface area contributed by atoms with Crippen LogP contribution >= 0.6 is 0 Å². The lowest BCUT2D eigenvalue weighted by Gasteiger charge is -2.21. The van der Waals surface area contributed by atoms with E-state index in [2.05, 4.69) is 15.1 Å². The summed E-state index contributed by atoms with van der Waals surface area (Å²) in [7, 11) is 0. The minimum absolute atomic E-state index is 0.0165. The highest BCUT2D eigenvalue weighted by molar-refractivity contribution is 5.94. The summed E-state index contributed by atoms with van der Waals surface area (Å²) in [4.78, 5) is 33.3. The highest BCUT2D eigenvalue weighted by Crippen LogP contribution is 2.25. The molecule has 8 heteroatoms. The fraction of sp³-hybridized carbons (Fsp3) is 0.462. The molecule has 0 aromatic carbocycles. The van der Waals surface area contributed by atoms with Crippen molar-refractivity contribution in [3.8, 4) is 0 Å². The van der Waals surface area contributed by atoms with Crippen molar-refractivity contribution in [1.82, 2.24) is 24.5 Å². The van der Waals surface area contributed by atoms with Gasteiger partial charge in [-0.2, -0.15) is 4.98 Å². The minimum atomic E-state index is -0.994. The van der Waals surface area contributed by atoms with Gasteiger partial charge in [-0.25, -0.2) is 14.3 Å². The molecule has 1 fully saturated rings. The van der Waals surface area contributed by atoms with Crippen molar-refractivity contribution in [2.24, 2.45) is 5.92 Å². The van der Waals surface area contributed by atoms with Gasteiger partial charge >= 0.3 is 5.97 Å². The topological polar surface area (TPSA) is 101 Å². The number of rotatable bonds is 2. The molecule has 1 saturated heterocycles. The number of aryl methyl sites for hydroxylation is 1. The predicted octanol–water partition coefficient (Wildman–Crippen LogP) is 0.368. The number of amides is 1. The van der Waals surface area contributed by atoms with Crippen LogP contribution in [0, 0.1) is 12.8 Å². The van der Waals surface area contributed by atoms with Crippen LogP contribution in [0.2, 0.25) is 0 Å². The fourth-order valence-corrected chi connectivity index (χ4v) is 2.68. The summed E-state index contributed by atoms with van der Waals surface area (Å²) in [5.41, 5.74) is 0.802. The van der Waals surface area contributed by atoms with Gasteiger partial charge in [-0.3, -0.25) is 4.79 Å². The number of carboxylic acid groups (broad SMARTS) is 1. The second-order valence-electron chi connectivity index (χ2n) is 5.28. The molecule has 8 nitrogen and oxygen atoms in total. The van der Waals surface area contributed by atoms with E-state index in [-0.39, 0.29) is 11.7 Å². The summed E-state index contributed by atoms with van der Waals surface area (Å²) in [5.74, 6) is -1.22. The van der Waals surface area contributed by atoms with Gasteiger partial charge in [0.25, 0.3) is 11.7 Å². The van der Waals surface area contributed by atoms with E-state index in [0.717, 1.165) is 5.69 Å². The van der Waals surface area contributed by atoms with Crippen molar-refractivity contribution < 1.29 is 14.7 Å². The number of carboxylic acids is 1. The number of nitrogens with zero attached hydrogens (tertiary/aromatic N) is 5. The van der Waals surface area contributed by atoms with Crippen LogP contribution in [0.5, 0.6) is 0 Å². The third kappa shape index (κ3) is 2.12. The molecule has 1 aliphatic rings. The second-order valence-corrected chi connectivity index (χ2v) is 5.28. The summed E-state index contributed by atoms with van der Waals surface area (Å²) < 4.78 is 1.47. The van der Waals surface area contributed by atoms with Crippen molar-refractivity contribution in [2.45, 2.75) is 26.3 Å². The average molecular weight is 289 g/mol. The Morgan fingerprint density at radius 3 is 2.86 bits per heavy atom. The van der Waals surface area contributed by atoms with E-state index in [9.17, 15) is 14.7 Å². The van der Waals surface area contributed by atoms with E-state index in [1.807, 2.05) is 13.8 Å². The van der Waals surface area contributed by atoms with E-state index in [4.69, 9.17) is 0 Å². The average Bonchev–Trinajstić information content (AvgIpc) is 3.02. The third-order valence-electron chi connectivity index (χ3n) is 3.84. The van der Waals surface area contributed by atoms with Crippen LogP contribution in [0.3, 0.4) is 0 Å². The van der Waals surface area contributed by atoms with Crippen molar-refractivity contribution in [2.75, 3.05) is 6.54 Å². The molecule has 0 saturated carbocycles. The van der Waals surface area contributed by atoms with Crippen molar-refractivity contribution in [3.63, 3.8) is 0 Å². The highest BCUT2D eigenvalue weighted by Gasteiger charge is 2.41. The Labute approximate surface area is 120 Å². The van der Waals surface area contributed by atoms with Gasteiger partial charge in [-0.05, 0) is 25.3 Å². The number of carbonyl (C=O) groups is 2. The zero-order valence-electron chi connectivity index (χ0n) is 11.7. The molecular formula is C13H15N5O3. The van der Waals surface area contributed by atoms with Gasteiger partial charge in [0.2, 0.25) is 5.82 Å². The van der Waals surface area contributed by atoms with Crippen molar-refractivity contribution in [3.05, 3.63) is 23.8 Å². The highest BCUT2D eigenvalue weighted by atomic mass is 16.4. The summed E-state index contributed by atoms with van der Waals surface area (Å²) in [6, 6.07) is 0.937. The van der Waals surface area contributed by atoms with Crippen LogP contribution in [0.1, 0.15) is 29.7 Å². The molecule has 2 atom stereocenters. The van der Waals surface area contributed by atoms with Crippen LogP contribution in [0.15, 0.2) is 12.3 Å². The number of hydrogen-bond acceptors (Lipinski definition) is 5. The van der Waals surface area contributed by atoms with Gasteiger partial charge in [0.1, 0.15) is 6.04 Å². The minimum Gasteiger partial charge on any atom is -0.480 e. The Morgan fingerprint density at radius 2 is 2.19 bits per heavy atom. The van der Waals surface area contributed by atoms with Gasteiger partial charge in [-0.15, -0.1) is 5.10 Å².